The van der Waals surface area contributed by atoms with E-state index in [4.69, 9.17) is 10.4 Å². The molecule has 0 atom stereocenters. The van der Waals surface area contributed by atoms with E-state index in [9.17, 15) is 4.39 Å². The minimum absolute atomic E-state index is 0.127. The first-order chi connectivity index (χ1) is 6.77. The maximum atomic E-state index is 12.7. The molecular weight excluding hydrogens is 181 g/mol. The third kappa shape index (κ3) is 2.58. The maximum Gasteiger partial charge on any atom is 0.123 e. The predicted molar refractivity (Wildman–Crippen MR) is 49.4 cm³/mol. The fourth-order valence-electron chi connectivity index (χ4n) is 0.994. The highest BCUT2D eigenvalue weighted by Gasteiger charge is 1.99. The molecule has 0 heterocycles. The predicted octanol–water partition coefficient (Wildman–Crippen LogP) is 1.58. The van der Waals surface area contributed by atoms with E-state index in [1.807, 2.05) is 6.07 Å². The van der Waals surface area contributed by atoms with Crippen molar-refractivity contribution in [1.29, 1.82) is 5.26 Å². The molecule has 2 nitrogen and oxygen atoms in total. The third-order valence-electron chi connectivity index (χ3n) is 1.63. The lowest BCUT2D eigenvalue weighted by molar-refractivity contribution is 0.281. The molecular formula is C11H8FNO. The van der Waals surface area contributed by atoms with E-state index in [0.29, 0.717) is 11.1 Å². The van der Waals surface area contributed by atoms with Crippen LogP contribution in [0.3, 0.4) is 0 Å². The molecule has 0 unspecified atom stereocenters. The van der Waals surface area contributed by atoms with Gasteiger partial charge in [-0.15, -0.1) is 0 Å². The fourth-order valence-corrected chi connectivity index (χ4v) is 0.994. The first-order valence-corrected chi connectivity index (χ1v) is 4.03. The lowest BCUT2D eigenvalue weighted by Crippen LogP contribution is -1.90. The Bertz CT molecular complexity index is 423. The van der Waals surface area contributed by atoms with E-state index < -0.39 is 5.82 Å². The van der Waals surface area contributed by atoms with Crippen LogP contribution in [0.25, 0.3) is 0 Å². The standard InChI is InChI=1S/C11H8FNO/c12-11-5-4-9(3-1-2-6-13)10(7-11)8-14/h4-5,7,14H,2,8H2. The Morgan fingerprint density at radius 2 is 2.21 bits per heavy atom. The summed E-state index contributed by atoms with van der Waals surface area (Å²) in [7, 11) is 0. The third-order valence-corrected chi connectivity index (χ3v) is 1.63. The number of hydrogen-bond donors (Lipinski definition) is 1. The van der Waals surface area contributed by atoms with Crippen molar-refractivity contribution >= 4 is 0 Å². The van der Waals surface area contributed by atoms with Crippen LogP contribution < -0.4 is 0 Å². The van der Waals surface area contributed by atoms with Crippen molar-refractivity contribution in [2.45, 2.75) is 13.0 Å². The fraction of sp³-hybridized carbons (Fsp3) is 0.182. The Hall–Kier alpha value is -1.84. The molecule has 1 N–H and O–H groups in total. The molecule has 0 fully saturated rings. The van der Waals surface area contributed by atoms with Gasteiger partial charge in [-0.25, -0.2) is 4.39 Å². The van der Waals surface area contributed by atoms with Gasteiger partial charge in [0.1, 0.15) is 5.82 Å². The van der Waals surface area contributed by atoms with Crippen LogP contribution in [0.15, 0.2) is 18.2 Å². The molecule has 70 valence electrons. The lowest BCUT2D eigenvalue weighted by Gasteiger charge is -1.99. The molecule has 0 aliphatic rings. The first-order valence-electron chi connectivity index (χ1n) is 4.03. The van der Waals surface area contributed by atoms with Crippen LogP contribution in [0, 0.1) is 29.0 Å². The summed E-state index contributed by atoms with van der Waals surface area (Å²) >= 11 is 0. The summed E-state index contributed by atoms with van der Waals surface area (Å²) in [6, 6.07) is 5.87. The number of nitriles is 1. The average Bonchev–Trinajstić information content (AvgIpc) is 2.20. The van der Waals surface area contributed by atoms with Crippen LogP contribution in [0.1, 0.15) is 17.5 Å². The molecule has 0 saturated carbocycles. The molecule has 3 heteroatoms. The minimum atomic E-state index is -0.403. The van der Waals surface area contributed by atoms with Gasteiger partial charge < -0.3 is 5.11 Å². The SMILES string of the molecule is N#CCC#Cc1ccc(F)cc1CO. The summed E-state index contributed by atoms with van der Waals surface area (Å²) in [4.78, 5) is 0. The van der Waals surface area contributed by atoms with E-state index in [1.54, 1.807) is 0 Å². The van der Waals surface area contributed by atoms with Crippen LogP contribution >= 0.6 is 0 Å². The smallest absolute Gasteiger partial charge is 0.123 e. The highest BCUT2D eigenvalue weighted by molar-refractivity contribution is 5.41. The Morgan fingerprint density at radius 1 is 1.43 bits per heavy atom. The molecule has 0 amide bonds. The van der Waals surface area contributed by atoms with Crippen LogP contribution in [-0.4, -0.2) is 5.11 Å². The summed E-state index contributed by atoms with van der Waals surface area (Å²) < 4.78 is 12.7. The second-order valence-corrected chi connectivity index (χ2v) is 2.60. The van der Waals surface area contributed by atoms with Crippen molar-refractivity contribution in [1.82, 2.24) is 0 Å². The molecule has 0 radical (unpaired) electrons. The number of halogens is 1. The van der Waals surface area contributed by atoms with Crippen molar-refractivity contribution in [3.63, 3.8) is 0 Å². The Balaban J connectivity index is 2.99. The van der Waals surface area contributed by atoms with Crippen molar-refractivity contribution in [3.05, 3.63) is 35.1 Å². The van der Waals surface area contributed by atoms with E-state index in [1.165, 1.54) is 18.2 Å². The Labute approximate surface area is 81.6 Å². The molecule has 0 aromatic heterocycles. The summed E-state index contributed by atoms with van der Waals surface area (Å²) in [5.74, 6) is 4.89. The van der Waals surface area contributed by atoms with Crippen molar-refractivity contribution in [3.8, 4) is 17.9 Å². The molecule has 0 aliphatic carbocycles. The summed E-state index contributed by atoms with van der Waals surface area (Å²) in [5, 5.41) is 17.2. The normalized spacial score (nSPS) is 8.64. The van der Waals surface area contributed by atoms with Gasteiger partial charge in [-0.2, -0.15) is 5.26 Å². The van der Waals surface area contributed by atoms with Gasteiger partial charge in [0.2, 0.25) is 0 Å². The largest absolute Gasteiger partial charge is 0.392 e. The second kappa shape index (κ2) is 5.01. The molecule has 0 aliphatic heterocycles. The lowest BCUT2D eigenvalue weighted by atomic mass is 10.1. The number of aliphatic hydroxyl groups excluding tert-OH is 1. The van der Waals surface area contributed by atoms with Gasteiger partial charge in [-0.3, -0.25) is 0 Å². The Kier molecular flexibility index (Phi) is 3.67. The second-order valence-electron chi connectivity index (χ2n) is 2.60. The zero-order valence-corrected chi connectivity index (χ0v) is 7.42. The maximum absolute atomic E-state index is 12.7. The van der Waals surface area contributed by atoms with Gasteiger partial charge in [0, 0.05) is 5.56 Å². The van der Waals surface area contributed by atoms with E-state index in [-0.39, 0.29) is 13.0 Å². The molecule has 14 heavy (non-hydrogen) atoms. The average molecular weight is 189 g/mol. The molecule has 1 rings (SSSR count). The molecule has 0 spiro atoms. The topological polar surface area (TPSA) is 44.0 Å². The Morgan fingerprint density at radius 3 is 2.86 bits per heavy atom. The van der Waals surface area contributed by atoms with Gasteiger partial charge in [0.15, 0.2) is 0 Å². The van der Waals surface area contributed by atoms with Crippen LogP contribution in [0.4, 0.5) is 4.39 Å². The van der Waals surface area contributed by atoms with Crippen molar-refractivity contribution in [2.75, 3.05) is 0 Å². The van der Waals surface area contributed by atoms with Crippen molar-refractivity contribution in [2.24, 2.45) is 0 Å². The van der Waals surface area contributed by atoms with E-state index >= 15 is 0 Å². The van der Waals surface area contributed by atoms with Gasteiger partial charge in [-0.05, 0) is 23.8 Å². The van der Waals surface area contributed by atoms with Crippen LogP contribution in [0.2, 0.25) is 0 Å². The van der Waals surface area contributed by atoms with Gasteiger partial charge in [0.05, 0.1) is 19.1 Å². The number of nitrogens with zero attached hydrogens (tertiary/aromatic N) is 1. The van der Waals surface area contributed by atoms with Crippen LogP contribution in [0.5, 0.6) is 0 Å². The molecule has 0 bridgehead atoms. The quantitative estimate of drug-likeness (QED) is 0.681. The number of rotatable bonds is 1. The molecule has 1 aromatic rings. The summed E-state index contributed by atoms with van der Waals surface area (Å²) in [5.41, 5.74) is 1.000. The number of aliphatic hydroxyl groups is 1. The zero-order chi connectivity index (χ0) is 10.4. The monoisotopic (exact) mass is 189 g/mol. The highest BCUT2D eigenvalue weighted by atomic mass is 19.1. The highest BCUT2D eigenvalue weighted by Crippen LogP contribution is 2.09. The molecule has 1 aromatic carbocycles. The van der Waals surface area contributed by atoms with E-state index in [2.05, 4.69) is 11.8 Å². The van der Waals surface area contributed by atoms with Crippen LogP contribution in [-0.2, 0) is 6.61 Å². The summed E-state index contributed by atoms with van der Waals surface area (Å²) in [6.07, 6.45) is 0.127. The minimum Gasteiger partial charge on any atom is -0.392 e. The van der Waals surface area contributed by atoms with Crippen molar-refractivity contribution < 1.29 is 9.50 Å². The van der Waals surface area contributed by atoms with Gasteiger partial charge >= 0.3 is 0 Å². The van der Waals surface area contributed by atoms with Gasteiger partial charge in [0.25, 0.3) is 0 Å². The zero-order valence-electron chi connectivity index (χ0n) is 7.42. The first kappa shape index (κ1) is 10.2. The molecule has 0 saturated heterocycles. The van der Waals surface area contributed by atoms with E-state index in [0.717, 1.165) is 0 Å². The number of benzene rings is 1. The summed E-state index contributed by atoms with van der Waals surface area (Å²) in [6.45, 7) is -0.256. The van der Waals surface area contributed by atoms with Gasteiger partial charge in [-0.1, -0.05) is 11.8 Å². The number of hydrogen-bond acceptors (Lipinski definition) is 2.